The van der Waals surface area contributed by atoms with Crippen LogP contribution in [0, 0.1) is 18.6 Å². The molecule has 2 aromatic carbocycles. The Morgan fingerprint density at radius 1 is 1.00 bits per heavy atom. The van der Waals surface area contributed by atoms with Crippen LogP contribution in [-0.2, 0) is 0 Å². The monoisotopic (exact) mass is 247 g/mol. The van der Waals surface area contributed by atoms with Gasteiger partial charge in [-0.3, -0.25) is 0 Å². The zero-order valence-electron chi connectivity index (χ0n) is 10.4. The van der Waals surface area contributed by atoms with Gasteiger partial charge in [-0.05, 0) is 43.7 Å². The minimum Gasteiger partial charge on any atom is -0.378 e. The van der Waals surface area contributed by atoms with Crippen LogP contribution in [0.25, 0.3) is 0 Å². The highest BCUT2D eigenvalue weighted by molar-refractivity contribution is 5.47. The van der Waals surface area contributed by atoms with Crippen LogP contribution in [0.15, 0.2) is 42.5 Å². The summed E-state index contributed by atoms with van der Waals surface area (Å²) in [5.74, 6) is -0.476. The van der Waals surface area contributed by atoms with E-state index in [0.29, 0.717) is 11.1 Å². The van der Waals surface area contributed by atoms with Gasteiger partial charge in [-0.25, -0.2) is 8.78 Å². The Kier molecular flexibility index (Phi) is 3.60. The van der Waals surface area contributed by atoms with Crippen molar-refractivity contribution >= 4 is 5.69 Å². The molecule has 0 spiro atoms. The molecule has 3 heteroatoms. The van der Waals surface area contributed by atoms with E-state index in [1.165, 1.54) is 12.1 Å². The summed E-state index contributed by atoms with van der Waals surface area (Å²) >= 11 is 0. The van der Waals surface area contributed by atoms with E-state index in [2.05, 4.69) is 5.32 Å². The molecule has 0 saturated heterocycles. The molecular formula is C15H15F2N. The van der Waals surface area contributed by atoms with Crippen molar-refractivity contribution in [3.05, 3.63) is 65.2 Å². The number of nitrogens with one attached hydrogen (secondary N) is 1. The Morgan fingerprint density at radius 3 is 2.39 bits per heavy atom. The summed E-state index contributed by atoms with van der Waals surface area (Å²) in [6.07, 6.45) is 0. The highest BCUT2D eigenvalue weighted by Crippen LogP contribution is 2.22. The number of hydrogen-bond acceptors (Lipinski definition) is 1. The van der Waals surface area contributed by atoms with Crippen LogP contribution in [0.5, 0.6) is 0 Å². The van der Waals surface area contributed by atoms with Gasteiger partial charge in [0.25, 0.3) is 0 Å². The van der Waals surface area contributed by atoms with Gasteiger partial charge in [0, 0.05) is 11.3 Å². The summed E-state index contributed by atoms with van der Waals surface area (Å²) in [5.41, 5.74) is 1.95. The third-order valence-corrected chi connectivity index (χ3v) is 2.91. The molecule has 0 radical (unpaired) electrons. The molecule has 0 aliphatic heterocycles. The molecule has 1 atom stereocenters. The van der Waals surface area contributed by atoms with Gasteiger partial charge < -0.3 is 5.32 Å². The lowest BCUT2D eigenvalue weighted by Gasteiger charge is -2.16. The molecule has 2 rings (SSSR count). The van der Waals surface area contributed by atoms with Crippen molar-refractivity contribution in [1.82, 2.24) is 0 Å². The molecule has 0 fully saturated rings. The molecule has 1 unspecified atom stereocenters. The lowest BCUT2D eigenvalue weighted by Crippen LogP contribution is -2.08. The fraction of sp³-hybridized carbons (Fsp3) is 0.200. The van der Waals surface area contributed by atoms with E-state index >= 15 is 0 Å². The maximum Gasteiger partial charge on any atom is 0.128 e. The second-order valence-corrected chi connectivity index (χ2v) is 4.35. The lowest BCUT2D eigenvalue weighted by molar-refractivity contribution is 0.600. The second-order valence-electron chi connectivity index (χ2n) is 4.35. The molecule has 0 aliphatic rings. The molecule has 0 aromatic heterocycles. The molecule has 18 heavy (non-hydrogen) atoms. The van der Waals surface area contributed by atoms with Crippen LogP contribution in [-0.4, -0.2) is 0 Å². The van der Waals surface area contributed by atoms with Gasteiger partial charge in [0.15, 0.2) is 0 Å². The third kappa shape index (κ3) is 2.67. The quantitative estimate of drug-likeness (QED) is 0.845. The number of aryl methyl sites for hydroxylation is 1. The van der Waals surface area contributed by atoms with E-state index in [1.54, 1.807) is 37.3 Å². The second kappa shape index (κ2) is 5.17. The Morgan fingerprint density at radius 2 is 1.72 bits per heavy atom. The highest BCUT2D eigenvalue weighted by Gasteiger charge is 2.10. The van der Waals surface area contributed by atoms with Crippen LogP contribution in [0.3, 0.4) is 0 Å². The fourth-order valence-electron chi connectivity index (χ4n) is 1.89. The average Bonchev–Trinajstić information content (AvgIpc) is 2.34. The summed E-state index contributed by atoms with van der Waals surface area (Å²) < 4.78 is 26.7. The first-order chi connectivity index (χ1) is 8.58. The predicted molar refractivity (Wildman–Crippen MR) is 69.6 cm³/mol. The van der Waals surface area contributed by atoms with E-state index in [-0.39, 0.29) is 17.7 Å². The predicted octanol–water partition coefficient (Wildman–Crippen LogP) is 4.45. The lowest BCUT2D eigenvalue weighted by atomic mass is 10.1. The summed E-state index contributed by atoms with van der Waals surface area (Å²) in [4.78, 5) is 0. The summed E-state index contributed by atoms with van der Waals surface area (Å²) in [5, 5.41) is 3.16. The molecule has 0 heterocycles. The van der Waals surface area contributed by atoms with E-state index in [4.69, 9.17) is 0 Å². The normalized spacial score (nSPS) is 12.2. The number of halogens is 2. The first kappa shape index (κ1) is 12.6. The van der Waals surface area contributed by atoms with Crippen molar-refractivity contribution < 1.29 is 8.78 Å². The maximum atomic E-state index is 13.6. The standard InChI is InChI=1S/C15H15F2N/c1-10-9-12(7-8-14(10)16)18-11(2)13-5-3-4-6-15(13)17/h3-9,11,18H,1-2H3. The van der Waals surface area contributed by atoms with Gasteiger partial charge in [0.05, 0.1) is 6.04 Å². The molecule has 94 valence electrons. The topological polar surface area (TPSA) is 12.0 Å². The van der Waals surface area contributed by atoms with Crippen molar-refractivity contribution in [3.8, 4) is 0 Å². The average molecular weight is 247 g/mol. The van der Waals surface area contributed by atoms with Crippen LogP contribution >= 0.6 is 0 Å². The van der Waals surface area contributed by atoms with Crippen molar-refractivity contribution in [1.29, 1.82) is 0 Å². The largest absolute Gasteiger partial charge is 0.378 e. The Balaban J connectivity index is 2.19. The van der Waals surface area contributed by atoms with Crippen LogP contribution in [0.4, 0.5) is 14.5 Å². The zero-order chi connectivity index (χ0) is 13.1. The van der Waals surface area contributed by atoms with Crippen molar-refractivity contribution in [2.75, 3.05) is 5.32 Å². The Labute approximate surface area is 105 Å². The smallest absolute Gasteiger partial charge is 0.128 e. The molecule has 0 saturated carbocycles. The number of rotatable bonds is 3. The van der Waals surface area contributed by atoms with Gasteiger partial charge in [0.1, 0.15) is 11.6 Å². The van der Waals surface area contributed by atoms with Gasteiger partial charge >= 0.3 is 0 Å². The van der Waals surface area contributed by atoms with E-state index < -0.39 is 0 Å². The third-order valence-electron chi connectivity index (χ3n) is 2.91. The molecule has 0 bridgehead atoms. The van der Waals surface area contributed by atoms with E-state index in [9.17, 15) is 8.78 Å². The summed E-state index contributed by atoms with van der Waals surface area (Å²) in [6.45, 7) is 3.57. The maximum absolute atomic E-state index is 13.6. The molecular weight excluding hydrogens is 232 g/mol. The Bertz CT molecular complexity index is 552. The minimum atomic E-state index is -0.240. The van der Waals surface area contributed by atoms with Crippen LogP contribution < -0.4 is 5.32 Å². The molecule has 2 aromatic rings. The number of benzene rings is 2. The summed E-state index contributed by atoms with van der Waals surface area (Å²) in [6, 6.07) is 11.2. The Hall–Kier alpha value is -1.90. The zero-order valence-corrected chi connectivity index (χ0v) is 10.4. The summed E-state index contributed by atoms with van der Waals surface area (Å²) in [7, 11) is 0. The van der Waals surface area contributed by atoms with Crippen molar-refractivity contribution in [3.63, 3.8) is 0 Å². The van der Waals surface area contributed by atoms with Gasteiger partial charge in [-0.1, -0.05) is 18.2 Å². The minimum absolute atomic E-state index is 0.170. The highest BCUT2D eigenvalue weighted by atomic mass is 19.1. The van der Waals surface area contributed by atoms with Crippen molar-refractivity contribution in [2.24, 2.45) is 0 Å². The molecule has 1 N–H and O–H groups in total. The number of anilines is 1. The van der Waals surface area contributed by atoms with Crippen molar-refractivity contribution in [2.45, 2.75) is 19.9 Å². The fourth-order valence-corrected chi connectivity index (χ4v) is 1.89. The first-order valence-corrected chi connectivity index (χ1v) is 5.85. The van der Waals surface area contributed by atoms with Gasteiger partial charge in [-0.15, -0.1) is 0 Å². The van der Waals surface area contributed by atoms with Gasteiger partial charge in [-0.2, -0.15) is 0 Å². The van der Waals surface area contributed by atoms with E-state index in [0.717, 1.165) is 5.69 Å². The molecule has 1 nitrogen and oxygen atoms in total. The molecule has 0 aliphatic carbocycles. The van der Waals surface area contributed by atoms with E-state index in [1.807, 2.05) is 6.92 Å². The SMILES string of the molecule is Cc1cc(NC(C)c2ccccc2F)ccc1F. The first-order valence-electron chi connectivity index (χ1n) is 5.85. The van der Waals surface area contributed by atoms with Crippen LogP contribution in [0.2, 0.25) is 0 Å². The van der Waals surface area contributed by atoms with Crippen LogP contribution in [0.1, 0.15) is 24.1 Å². The van der Waals surface area contributed by atoms with Gasteiger partial charge in [0.2, 0.25) is 0 Å². The molecule has 0 amide bonds. The number of hydrogen-bond donors (Lipinski definition) is 1.